The van der Waals surface area contributed by atoms with Crippen molar-refractivity contribution in [3.8, 4) is 22.6 Å². The number of Topliss-reactive ketones (excluding diaryl/α,β-unsaturated/α-hetero) is 1. The van der Waals surface area contributed by atoms with Crippen LogP contribution in [0.15, 0.2) is 60.7 Å². The molecule has 3 aromatic carbocycles. The molecule has 0 unspecified atom stereocenters. The molecule has 1 amide bonds. The van der Waals surface area contributed by atoms with Crippen molar-refractivity contribution < 1.29 is 58.6 Å². The molecule has 1 aliphatic carbocycles. The average molecular weight is 930 g/mol. The summed E-state index contributed by atoms with van der Waals surface area (Å²) in [6.07, 6.45) is -6.96. The second-order valence-electron chi connectivity index (χ2n) is 15.9. The van der Waals surface area contributed by atoms with Crippen LogP contribution in [0.2, 0.25) is 0 Å². The second kappa shape index (κ2) is 16.9. The van der Waals surface area contributed by atoms with Crippen molar-refractivity contribution in [1.82, 2.24) is 25.1 Å². The lowest BCUT2D eigenvalue weighted by atomic mass is 9.89. The molecule has 340 valence electrons. The van der Waals surface area contributed by atoms with E-state index in [1.54, 1.807) is 6.07 Å². The van der Waals surface area contributed by atoms with Gasteiger partial charge in [0.25, 0.3) is 18.3 Å². The quantitative estimate of drug-likeness (QED) is 0.100. The fourth-order valence-corrected chi connectivity index (χ4v) is 9.44. The summed E-state index contributed by atoms with van der Waals surface area (Å²) in [5.74, 6) is -11.5. The van der Waals surface area contributed by atoms with E-state index in [-0.39, 0.29) is 38.3 Å². The number of nitrogens with one attached hydrogen (secondary N) is 1. The van der Waals surface area contributed by atoms with Crippen LogP contribution in [0.1, 0.15) is 70.8 Å². The highest BCUT2D eigenvalue weighted by Gasteiger charge is 2.55. The van der Waals surface area contributed by atoms with E-state index in [1.807, 2.05) is 23.1 Å². The van der Waals surface area contributed by atoms with Crippen molar-refractivity contribution in [2.45, 2.75) is 57.0 Å². The first kappa shape index (κ1) is 43.9. The van der Waals surface area contributed by atoms with Gasteiger partial charge in [-0.1, -0.05) is 17.4 Å². The SMILES string of the molecule is CC(=O)c1cc(-c2cc3sc(N4CCN(c5ccc6c(c5)OCCO6)CC4)nc3nc2[C@H](Cc2cc(F)cc(F)c2)NC(=O)Cn2nc(C(F)F)c3c2C(F)(F)CCC3(F)F)ccc1F. The number of benzene rings is 3. The molecule has 2 aliphatic heterocycles. The Labute approximate surface area is 367 Å². The Morgan fingerprint density at radius 2 is 1.51 bits per heavy atom. The molecule has 3 aliphatic rings. The van der Waals surface area contributed by atoms with Gasteiger partial charge in [0.1, 0.15) is 48.6 Å². The summed E-state index contributed by atoms with van der Waals surface area (Å²) >= 11 is 1.27. The Hall–Kier alpha value is -6.38. The van der Waals surface area contributed by atoms with Crippen LogP contribution in [-0.2, 0) is 29.6 Å². The Morgan fingerprint density at radius 3 is 2.22 bits per heavy atom. The highest BCUT2D eigenvalue weighted by molar-refractivity contribution is 7.22. The number of hydrogen-bond donors (Lipinski definition) is 1. The number of carbonyl (C=O) groups is 2. The zero-order valence-corrected chi connectivity index (χ0v) is 34.9. The molecule has 1 atom stereocenters. The number of piperazine rings is 1. The maximum absolute atomic E-state index is 15.3. The largest absolute Gasteiger partial charge is 0.486 e. The van der Waals surface area contributed by atoms with Gasteiger partial charge >= 0.3 is 0 Å². The molecule has 21 heteroatoms. The number of aromatic nitrogens is 4. The number of amides is 1. The van der Waals surface area contributed by atoms with Crippen molar-refractivity contribution in [2.24, 2.45) is 0 Å². The van der Waals surface area contributed by atoms with E-state index in [1.165, 1.54) is 23.5 Å². The molecule has 11 nitrogen and oxygen atoms in total. The van der Waals surface area contributed by atoms with Crippen molar-refractivity contribution >= 4 is 44.2 Å². The molecule has 1 N–H and O–H groups in total. The molecule has 0 radical (unpaired) electrons. The van der Waals surface area contributed by atoms with Crippen LogP contribution < -0.4 is 24.6 Å². The van der Waals surface area contributed by atoms with Crippen LogP contribution in [0.25, 0.3) is 21.5 Å². The number of hydrogen-bond acceptors (Lipinski definition) is 10. The highest BCUT2D eigenvalue weighted by Crippen LogP contribution is 2.52. The van der Waals surface area contributed by atoms with Crippen LogP contribution in [-0.4, -0.2) is 70.8 Å². The van der Waals surface area contributed by atoms with Gasteiger partial charge in [0, 0.05) is 62.4 Å². The zero-order chi connectivity index (χ0) is 45.9. The predicted molar refractivity (Wildman–Crippen MR) is 220 cm³/mol. The highest BCUT2D eigenvalue weighted by atomic mass is 32.1. The van der Waals surface area contributed by atoms with Gasteiger partial charge in [-0.25, -0.2) is 35.7 Å². The van der Waals surface area contributed by atoms with Gasteiger partial charge in [0.15, 0.2) is 28.1 Å². The Morgan fingerprint density at radius 1 is 0.815 bits per heavy atom. The minimum atomic E-state index is -4.10. The number of thiazole rings is 1. The number of anilines is 2. The third-order valence-electron chi connectivity index (χ3n) is 11.5. The van der Waals surface area contributed by atoms with E-state index >= 15 is 8.78 Å². The normalized spacial score (nSPS) is 17.0. The molecular weight excluding hydrogens is 894 g/mol. The number of ether oxygens (including phenoxy) is 2. The molecular formula is C44H36F9N7O4S. The zero-order valence-electron chi connectivity index (χ0n) is 34.1. The van der Waals surface area contributed by atoms with Gasteiger partial charge in [-0.15, -0.1) is 0 Å². The van der Waals surface area contributed by atoms with Gasteiger partial charge in [0.2, 0.25) is 5.91 Å². The lowest BCUT2D eigenvalue weighted by Crippen LogP contribution is -2.46. The molecule has 0 spiro atoms. The number of carbonyl (C=O) groups excluding carboxylic acids is 2. The number of alkyl halides is 6. The van der Waals surface area contributed by atoms with Crippen LogP contribution in [0, 0.1) is 17.5 Å². The number of rotatable bonds is 11. The van der Waals surface area contributed by atoms with Crippen LogP contribution in [0.3, 0.4) is 0 Å². The lowest BCUT2D eigenvalue weighted by Gasteiger charge is -2.36. The average Bonchev–Trinajstić information content (AvgIpc) is 3.88. The molecule has 65 heavy (non-hydrogen) atoms. The lowest BCUT2D eigenvalue weighted by molar-refractivity contribution is -0.123. The van der Waals surface area contributed by atoms with Gasteiger partial charge in [-0.2, -0.15) is 18.9 Å². The number of fused-ring (bicyclic) bond motifs is 3. The van der Waals surface area contributed by atoms with Crippen molar-refractivity contribution in [2.75, 3.05) is 49.2 Å². The Bertz CT molecular complexity index is 2830. The molecule has 0 saturated carbocycles. The minimum Gasteiger partial charge on any atom is -0.486 e. The fraction of sp³-hybridized carbons (Fsp3) is 0.341. The third kappa shape index (κ3) is 8.64. The predicted octanol–water partition coefficient (Wildman–Crippen LogP) is 9.29. The number of halogens is 9. The van der Waals surface area contributed by atoms with E-state index in [0.29, 0.717) is 66.8 Å². The maximum atomic E-state index is 15.3. The Kier molecular flexibility index (Phi) is 11.4. The van der Waals surface area contributed by atoms with Crippen molar-refractivity contribution in [3.05, 3.63) is 112 Å². The summed E-state index contributed by atoms with van der Waals surface area (Å²) in [6.45, 7) is 3.08. The van der Waals surface area contributed by atoms with Crippen LogP contribution >= 0.6 is 11.3 Å². The first-order valence-corrected chi connectivity index (χ1v) is 21.2. The maximum Gasteiger partial charge on any atom is 0.290 e. The summed E-state index contributed by atoms with van der Waals surface area (Å²) in [4.78, 5) is 40.3. The summed E-state index contributed by atoms with van der Waals surface area (Å²) in [6, 6.07) is 12.1. The first-order chi connectivity index (χ1) is 30.9. The smallest absolute Gasteiger partial charge is 0.290 e. The summed E-state index contributed by atoms with van der Waals surface area (Å²) in [5, 5.41) is 6.50. The number of nitrogens with zero attached hydrogens (tertiary/aromatic N) is 6. The molecule has 1 saturated heterocycles. The topological polar surface area (TPSA) is 115 Å². The monoisotopic (exact) mass is 929 g/mol. The van der Waals surface area contributed by atoms with Gasteiger partial charge in [-0.05, 0) is 66.9 Å². The van der Waals surface area contributed by atoms with Crippen LogP contribution in [0.4, 0.5) is 50.3 Å². The van der Waals surface area contributed by atoms with Gasteiger partial charge in [0.05, 0.1) is 27.6 Å². The van der Waals surface area contributed by atoms with Gasteiger partial charge in [-0.3, -0.25) is 14.3 Å². The minimum absolute atomic E-state index is 0.0262. The van der Waals surface area contributed by atoms with Gasteiger partial charge < -0.3 is 24.6 Å². The first-order valence-electron chi connectivity index (χ1n) is 20.4. The van der Waals surface area contributed by atoms with E-state index in [2.05, 4.69) is 15.3 Å². The third-order valence-corrected chi connectivity index (χ3v) is 12.5. The molecule has 9 rings (SSSR count). The van der Waals surface area contributed by atoms with Crippen LogP contribution in [0.5, 0.6) is 11.5 Å². The second-order valence-corrected chi connectivity index (χ2v) is 16.9. The summed E-state index contributed by atoms with van der Waals surface area (Å²) < 4.78 is 145. The summed E-state index contributed by atoms with van der Waals surface area (Å²) in [7, 11) is 0. The molecule has 1 fully saturated rings. The van der Waals surface area contributed by atoms with E-state index in [9.17, 15) is 40.3 Å². The standard InChI is InChI=1S/C44H36F9N7O4S/c1-22(61)28-17-24(2-4-30(28)47)29-20-34-41(56-42(65-34)59-10-8-58(9-11-59)27-3-5-32-33(19-27)64-13-12-63-32)55-37(29)31(16-23-14-25(45)18-26(46)15-23)54-35(62)21-60-39-36(38(57-60)40(48)49)43(50,51)6-7-44(39,52)53/h2-5,14-15,17-20,31,40H,6-13,16,21H2,1H3,(H,54,62)/t31-/m0/s1. The van der Waals surface area contributed by atoms with E-state index in [0.717, 1.165) is 30.8 Å². The molecule has 3 aromatic heterocycles. The molecule has 0 bridgehead atoms. The Balaban J connectivity index is 1.10. The van der Waals surface area contributed by atoms with Crippen molar-refractivity contribution in [3.63, 3.8) is 0 Å². The number of ketones is 1. The summed E-state index contributed by atoms with van der Waals surface area (Å²) in [5.41, 5.74) is -3.63. The molecule has 5 heterocycles. The van der Waals surface area contributed by atoms with E-state index < -0.39 is 96.2 Å². The van der Waals surface area contributed by atoms with E-state index in [4.69, 9.17) is 19.4 Å². The molecule has 6 aromatic rings. The fourth-order valence-electron chi connectivity index (χ4n) is 8.44. The number of pyridine rings is 1. The van der Waals surface area contributed by atoms with Crippen molar-refractivity contribution in [1.29, 1.82) is 0 Å².